The van der Waals surface area contributed by atoms with Crippen LogP contribution in [0.15, 0.2) is 24.3 Å². The van der Waals surface area contributed by atoms with Crippen molar-refractivity contribution in [3.05, 3.63) is 35.0 Å². The number of fused-ring (bicyclic) bond motifs is 1. The molecule has 0 unspecified atom stereocenters. The monoisotopic (exact) mass is 474 g/mol. The van der Waals surface area contributed by atoms with Gasteiger partial charge in [0.2, 0.25) is 11.8 Å². The Kier molecular flexibility index (Phi) is 8.13. The number of Topliss-reactive ketones (excluding diaryl/α,β-unsaturated/α-hetero) is 1. The molecule has 3 rings (SSSR count). The highest BCUT2D eigenvalue weighted by Gasteiger charge is 2.32. The number of aromatic nitrogens is 1. The number of aromatic amines is 1. The number of para-hydroxylation sites is 1. The third-order valence-electron chi connectivity index (χ3n) is 5.92. The number of rotatable bonds is 10. The molecule has 0 radical (unpaired) electrons. The van der Waals surface area contributed by atoms with Gasteiger partial charge in [-0.15, -0.1) is 0 Å². The molecule has 0 bridgehead atoms. The Labute approximate surface area is 198 Å². The lowest BCUT2D eigenvalue weighted by Crippen LogP contribution is -2.52. The molecule has 33 heavy (non-hydrogen) atoms. The maximum absolute atomic E-state index is 13.1. The zero-order valence-electron chi connectivity index (χ0n) is 19.2. The summed E-state index contributed by atoms with van der Waals surface area (Å²) in [4.78, 5) is 53.6. The topological polar surface area (TPSA) is 120 Å². The third kappa shape index (κ3) is 6.13. The molecule has 2 aromatic rings. The second-order valence-corrected chi connectivity index (χ2v) is 9.34. The Morgan fingerprint density at radius 3 is 2.55 bits per heavy atom. The minimum atomic E-state index is -0.830. The van der Waals surface area contributed by atoms with Crippen molar-refractivity contribution in [2.45, 2.75) is 58.5 Å². The van der Waals surface area contributed by atoms with Crippen molar-refractivity contribution in [3.63, 3.8) is 0 Å². The van der Waals surface area contributed by atoms with Crippen molar-refractivity contribution < 1.29 is 19.2 Å². The van der Waals surface area contributed by atoms with Gasteiger partial charge in [0.05, 0.1) is 16.6 Å². The van der Waals surface area contributed by atoms with E-state index in [4.69, 9.17) is 11.6 Å². The van der Waals surface area contributed by atoms with Crippen molar-refractivity contribution in [1.29, 1.82) is 0 Å². The molecule has 1 aromatic carbocycles. The molecular weight excluding hydrogens is 444 g/mol. The molecule has 9 heteroatoms. The van der Waals surface area contributed by atoms with E-state index in [1.54, 1.807) is 25.1 Å². The molecular formula is C24H31ClN4O4. The molecule has 0 spiro atoms. The first kappa shape index (κ1) is 24.8. The van der Waals surface area contributed by atoms with Crippen LogP contribution in [0.3, 0.4) is 0 Å². The number of halogens is 1. The van der Waals surface area contributed by atoms with Gasteiger partial charge in [0.25, 0.3) is 5.91 Å². The fraction of sp³-hybridized carbons (Fsp3) is 0.500. The van der Waals surface area contributed by atoms with E-state index in [9.17, 15) is 19.2 Å². The minimum absolute atomic E-state index is 0.0948. The first-order valence-corrected chi connectivity index (χ1v) is 11.8. The first-order valence-electron chi connectivity index (χ1n) is 11.4. The molecule has 4 N–H and O–H groups in total. The summed E-state index contributed by atoms with van der Waals surface area (Å²) in [6.07, 6.45) is 1.54. The van der Waals surface area contributed by atoms with Crippen LogP contribution in [0.1, 0.15) is 56.9 Å². The Bertz CT molecular complexity index is 1050. The van der Waals surface area contributed by atoms with E-state index >= 15 is 0 Å². The van der Waals surface area contributed by atoms with Crippen LogP contribution in [0.2, 0.25) is 5.02 Å². The molecule has 2 heterocycles. The van der Waals surface area contributed by atoms with Crippen molar-refractivity contribution in [2.24, 2.45) is 11.8 Å². The van der Waals surface area contributed by atoms with Crippen LogP contribution in [0.4, 0.5) is 0 Å². The summed E-state index contributed by atoms with van der Waals surface area (Å²) in [6, 6.07) is 5.45. The second kappa shape index (κ2) is 10.8. The molecule has 0 saturated carbocycles. The zero-order chi connectivity index (χ0) is 24.1. The summed E-state index contributed by atoms with van der Waals surface area (Å²) in [5.41, 5.74) is 0.945. The standard InChI is InChI=1S/C24H31ClN4O4/c1-4-20(30)17(12-15-8-9-26-22(15)31)28-23(32)18(10-13(2)3)29-24(33)19-11-14-6-5-7-16(25)21(14)27-19/h5-7,11,13,15,17-18,27H,4,8-10,12H2,1-3H3,(H,26,31)(H,28,32)(H,29,33)/t15-,17-,18-/m0/s1. The van der Waals surface area contributed by atoms with Crippen LogP contribution in [-0.4, -0.2) is 47.1 Å². The average molecular weight is 475 g/mol. The van der Waals surface area contributed by atoms with Crippen LogP contribution in [0.25, 0.3) is 10.9 Å². The first-order chi connectivity index (χ1) is 15.7. The lowest BCUT2D eigenvalue weighted by molar-refractivity contribution is -0.130. The summed E-state index contributed by atoms with van der Waals surface area (Å²) >= 11 is 6.19. The van der Waals surface area contributed by atoms with E-state index in [2.05, 4.69) is 20.9 Å². The predicted octanol–water partition coefficient (Wildman–Crippen LogP) is 2.96. The predicted molar refractivity (Wildman–Crippen MR) is 127 cm³/mol. The summed E-state index contributed by atoms with van der Waals surface area (Å²) in [7, 11) is 0. The van der Waals surface area contributed by atoms with Gasteiger partial charge in [0.1, 0.15) is 11.7 Å². The molecule has 1 aliphatic heterocycles. The number of carbonyl (C=O) groups excluding carboxylic acids is 4. The highest BCUT2D eigenvalue weighted by Crippen LogP contribution is 2.23. The van der Waals surface area contributed by atoms with E-state index in [-0.39, 0.29) is 36.4 Å². The summed E-state index contributed by atoms with van der Waals surface area (Å²) in [5.74, 6) is -1.28. The summed E-state index contributed by atoms with van der Waals surface area (Å²) < 4.78 is 0. The van der Waals surface area contributed by atoms with Gasteiger partial charge in [-0.25, -0.2) is 0 Å². The van der Waals surface area contributed by atoms with Crippen LogP contribution < -0.4 is 16.0 Å². The van der Waals surface area contributed by atoms with E-state index in [0.29, 0.717) is 35.6 Å². The van der Waals surface area contributed by atoms with Gasteiger partial charge in [-0.2, -0.15) is 0 Å². The van der Waals surface area contributed by atoms with E-state index < -0.39 is 23.9 Å². The zero-order valence-corrected chi connectivity index (χ0v) is 19.9. The number of carbonyl (C=O) groups is 4. The minimum Gasteiger partial charge on any atom is -0.356 e. The fourth-order valence-corrected chi connectivity index (χ4v) is 4.35. The Morgan fingerprint density at radius 2 is 1.94 bits per heavy atom. The highest BCUT2D eigenvalue weighted by atomic mass is 35.5. The number of ketones is 1. The molecule has 0 aliphatic carbocycles. The van der Waals surface area contributed by atoms with Gasteiger partial charge >= 0.3 is 0 Å². The van der Waals surface area contributed by atoms with Crippen molar-refractivity contribution in [1.82, 2.24) is 20.9 Å². The molecule has 3 atom stereocenters. The van der Waals surface area contributed by atoms with Gasteiger partial charge in [0, 0.05) is 24.3 Å². The van der Waals surface area contributed by atoms with Crippen molar-refractivity contribution in [2.75, 3.05) is 6.54 Å². The van der Waals surface area contributed by atoms with Crippen LogP contribution in [0.5, 0.6) is 0 Å². The SMILES string of the molecule is CCC(=O)[C@H](C[C@@H]1CCNC1=O)NC(=O)[C@H](CC(C)C)NC(=O)c1cc2cccc(Cl)c2[nH]1. The highest BCUT2D eigenvalue weighted by molar-refractivity contribution is 6.35. The van der Waals surface area contributed by atoms with Gasteiger partial charge in [-0.3, -0.25) is 19.2 Å². The van der Waals surface area contributed by atoms with Crippen molar-refractivity contribution >= 4 is 46.0 Å². The summed E-state index contributed by atoms with van der Waals surface area (Å²) in [5, 5.41) is 9.65. The lowest BCUT2D eigenvalue weighted by atomic mass is 9.94. The number of nitrogens with one attached hydrogen (secondary N) is 4. The van der Waals surface area contributed by atoms with Gasteiger partial charge in [-0.1, -0.05) is 44.5 Å². The fourth-order valence-electron chi connectivity index (χ4n) is 4.12. The molecule has 8 nitrogen and oxygen atoms in total. The Balaban J connectivity index is 1.74. The number of hydrogen-bond acceptors (Lipinski definition) is 4. The number of hydrogen-bond donors (Lipinski definition) is 4. The normalized spacial score (nSPS) is 17.6. The van der Waals surface area contributed by atoms with Crippen LogP contribution >= 0.6 is 11.6 Å². The Hall–Kier alpha value is -2.87. The second-order valence-electron chi connectivity index (χ2n) is 8.94. The van der Waals surface area contributed by atoms with E-state index in [1.807, 2.05) is 19.9 Å². The molecule has 1 aromatic heterocycles. The number of H-pyrrole nitrogens is 1. The molecule has 3 amide bonds. The maximum atomic E-state index is 13.1. The number of amides is 3. The number of benzene rings is 1. The van der Waals surface area contributed by atoms with E-state index in [1.165, 1.54) is 0 Å². The van der Waals surface area contributed by atoms with Crippen molar-refractivity contribution in [3.8, 4) is 0 Å². The molecule has 178 valence electrons. The third-order valence-corrected chi connectivity index (χ3v) is 6.23. The lowest BCUT2D eigenvalue weighted by Gasteiger charge is -2.24. The van der Waals surface area contributed by atoms with Gasteiger partial charge < -0.3 is 20.9 Å². The summed E-state index contributed by atoms with van der Waals surface area (Å²) in [6.45, 7) is 6.20. The van der Waals surface area contributed by atoms with Crippen LogP contribution in [-0.2, 0) is 14.4 Å². The quantitative estimate of drug-likeness (QED) is 0.423. The van der Waals surface area contributed by atoms with Crippen LogP contribution in [0, 0.1) is 11.8 Å². The molecule has 1 saturated heterocycles. The largest absolute Gasteiger partial charge is 0.356 e. The van der Waals surface area contributed by atoms with Gasteiger partial charge in [-0.05, 0) is 37.3 Å². The molecule has 1 fully saturated rings. The van der Waals surface area contributed by atoms with E-state index in [0.717, 1.165) is 5.39 Å². The average Bonchev–Trinajstić information content (AvgIpc) is 3.39. The maximum Gasteiger partial charge on any atom is 0.268 e. The van der Waals surface area contributed by atoms with Gasteiger partial charge in [0.15, 0.2) is 5.78 Å². The smallest absolute Gasteiger partial charge is 0.268 e. The molecule has 1 aliphatic rings. The Morgan fingerprint density at radius 1 is 1.18 bits per heavy atom.